The van der Waals surface area contributed by atoms with E-state index in [1.54, 1.807) is 19.2 Å². The van der Waals surface area contributed by atoms with Crippen molar-refractivity contribution in [1.29, 1.82) is 0 Å². The lowest BCUT2D eigenvalue weighted by Gasteiger charge is -2.35. The second-order valence-corrected chi connectivity index (χ2v) is 7.70. The van der Waals surface area contributed by atoms with E-state index in [2.05, 4.69) is 15.9 Å². The van der Waals surface area contributed by atoms with Crippen LogP contribution in [0.2, 0.25) is 0 Å². The Labute approximate surface area is 174 Å². The maximum absolute atomic E-state index is 12.2. The van der Waals surface area contributed by atoms with Crippen molar-refractivity contribution in [3.05, 3.63) is 70.2 Å². The molecule has 1 fully saturated rings. The van der Waals surface area contributed by atoms with E-state index in [1.165, 1.54) is 0 Å². The van der Waals surface area contributed by atoms with Crippen molar-refractivity contribution in [1.82, 2.24) is 0 Å². The highest BCUT2D eigenvalue weighted by atomic mass is 79.9. The van der Waals surface area contributed by atoms with Gasteiger partial charge in [0.1, 0.15) is 0 Å². The summed E-state index contributed by atoms with van der Waals surface area (Å²) in [7, 11) is 1.64. The summed E-state index contributed by atoms with van der Waals surface area (Å²) >= 11 is 3.43. The van der Waals surface area contributed by atoms with Crippen molar-refractivity contribution in [2.75, 3.05) is 20.3 Å². The van der Waals surface area contributed by atoms with E-state index in [-0.39, 0.29) is 24.3 Å². The third-order valence-corrected chi connectivity index (χ3v) is 5.32. The first-order chi connectivity index (χ1) is 13.7. The van der Waals surface area contributed by atoms with Crippen molar-refractivity contribution >= 4 is 21.9 Å². The van der Waals surface area contributed by atoms with Gasteiger partial charge in [0.25, 0.3) is 0 Å². The van der Waals surface area contributed by atoms with Crippen LogP contribution in [0.5, 0.6) is 0 Å². The minimum Gasteiger partial charge on any atom is -0.462 e. The SMILES string of the molecule is CO[C@@H]1CC[C@H](COC(=O)c2ccccc2)[C@@H](COCc2ccc(Br)cc2)O1. The van der Waals surface area contributed by atoms with Gasteiger partial charge in [0.15, 0.2) is 6.29 Å². The van der Waals surface area contributed by atoms with Crippen molar-refractivity contribution in [2.24, 2.45) is 5.92 Å². The monoisotopic (exact) mass is 448 g/mol. The predicted octanol–water partition coefficient (Wildman–Crippen LogP) is 4.59. The van der Waals surface area contributed by atoms with Gasteiger partial charge in [-0.05, 0) is 42.7 Å². The molecule has 1 heterocycles. The van der Waals surface area contributed by atoms with Gasteiger partial charge >= 0.3 is 5.97 Å². The van der Waals surface area contributed by atoms with Gasteiger partial charge in [-0.2, -0.15) is 0 Å². The number of halogens is 1. The summed E-state index contributed by atoms with van der Waals surface area (Å²) in [5.74, 6) is -0.243. The minimum atomic E-state index is -0.316. The number of methoxy groups -OCH3 is 1. The molecule has 2 aromatic rings. The van der Waals surface area contributed by atoms with Crippen molar-refractivity contribution in [3.8, 4) is 0 Å². The normalized spacial score (nSPS) is 22.0. The minimum absolute atomic E-state index is 0.0731. The molecule has 0 aromatic heterocycles. The Hall–Kier alpha value is -1.73. The standard InChI is InChI=1S/C22H25BrO5/c1-25-21-12-9-18(14-27-22(24)17-5-3-2-4-6-17)20(28-21)15-26-13-16-7-10-19(23)11-8-16/h2-8,10-11,18,20-21H,9,12-15H2,1H3/t18-,20-,21+/m1/s1. The molecule has 1 saturated heterocycles. The van der Waals surface area contributed by atoms with E-state index in [9.17, 15) is 4.79 Å². The fourth-order valence-corrected chi connectivity index (χ4v) is 3.43. The number of carbonyl (C=O) groups is 1. The zero-order chi connectivity index (χ0) is 19.8. The molecule has 0 spiro atoms. The number of rotatable bonds is 8. The quantitative estimate of drug-likeness (QED) is 0.552. The second kappa shape index (κ2) is 10.7. The Bertz CT molecular complexity index is 734. The average molecular weight is 449 g/mol. The molecule has 0 N–H and O–H groups in total. The molecule has 0 aliphatic carbocycles. The molecule has 2 aromatic carbocycles. The lowest BCUT2D eigenvalue weighted by molar-refractivity contribution is -0.215. The predicted molar refractivity (Wildman–Crippen MR) is 109 cm³/mol. The summed E-state index contributed by atoms with van der Waals surface area (Å²) in [4.78, 5) is 12.2. The van der Waals surface area contributed by atoms with Crippen LogP contribution in [0.15, 0.2) is 59.1 Å². The Kier molecular flexibility index (Phi) is 8.03. The van der Waals surface area contributed by atoms with Crippen molar-refractivity contribution < 1.29 is 23.7 Å². The summed E-state index contributed by atoms with van der Waals surface area (Å²) in [6, 6.07) is 17.0. The molecule has 0 unspecified atom stereocenters. The van der Waals surface area contributed by atoms with E-state index in [1.807, 2.05) is 42.5 Å². The number of esters is 1. The summed E-state index contributed by atoms with van der Waals surface area (Å²) in [5, 5.41) is 0. The molecular weight excluding hydrogens is 424 g/mol. The fourth-order valence-electron chi connectivity index (χ4n) is 3.16. The van der Waals surface area contributed by atoms with Crippen LogP contribution >= 0.6 is 15.9 Å². The first kappa shape index (κ1) is 21.0. The zero-order valence-electron chi connectivity index (χ0n) is 15.9. The number of ether oxygens (including phenoxy) is 4. The van der Waals surface area contributed by atoms with Crippen LogP contribution < -0.4 is 0 Å². The van der Waals surface area contributed by atoms with E-state index in [0.29, 0.717) is 25.4 Å². The van der Waals surface area contributed by atoms with Crippen LogP contribution in [0, 0.1) is 5.92 Å². The van der Waals surface area contributed by atoms with Crippen LogP contribution in [-0.4, -0.2) is 38.7 Å². The van der Waals surface area contributed by atoms with Crippen molar-refractivity contribution in [3.63, 3.8) is 0 Å². The molecule has 0 amide bonds. The van der Waals surface area contributed by atoms with Crippen LogP contribution in [0.3, 0.4) is 0 Å². The van der Waals surface area contributed by atoms with Gasteiger partial charge in [0, 0.05) is 17.5 Å². The molecule has 28 heavy (non-hydrogen) atoms. The maximum Gasteiger partial charge on any atom is 0.338 e. The topological polar surface area (TPSA) is 54.0 Å². The van der Waals surface area contributed by atoms with E-state index in [4.69, 9.17) is 18.9 Å². The molecule has 0 bridgehead atoms. The number of benzene rings is 2. The highest BCUT2D eigenvalue weighted by Crippen LogP contribution is 2.27. The highest BCUT2D eigenvalue weighted by Gasteiger charge is 2.32. The Balaban J connectivity index is 1.52. The molecule has 0 saturated carbocycles. The van der Waals surface area contributed by atoms with Gasteiger partial charge in [-0.25, -0.2) is 4.79 Å². The first-order valence-electron chi connectivity index (χ1n) is 9.38. The van der Waals surface area contributed by atoms with E-state index < -0.39 is 0 Å². The maximum atomic E-state index is 12.2. The molecule has 5 nitrogen and oxygen atoms in total. The second-order valence-electron chi connectivity index (χ2n) is 6.78. The van der Waals surface area contributed by atoms with Crippen LogP contribution in [0.4, 0.5) is 0 Å². The van der Waals surface area contributed by atoms with Gasteiger partial charge in [0.05, 0.1) is 31.5 Å². The zero-order valence-corrected chi connectivity index (χ0v) is 17.5. The molecule has 6 heteroatoms. The third-order valence-electron chi connectivity index (χ3n) is 4.79. The first-order valence-corrected chi connectivity index (χ1v) is 10.2. The Morgan fingerprint density at radius 2 is 1.82 bits per heavy atom. The smallest absolute Gasteiger partial charge is 0.338 e. The summed E-state index contributed by atoms with van der Waals surface area (Å²) < 4.78 is 23.8. The molecule has 1 aliphatic heterocycles. The van der Waals surface area contributed by atoms with E-state index >= 15 is 0 Å². The van der Waals surface area contributed by atoms with Crippen LogP contribution in [0.1, 0.15) is 28.8 Å². The summed E-state index contributed by atoms with van der Waals surface area (Å²) in [5.41, 5.74) is 1.64. The summed E-state index contributed by atoms with van der Waals surface area (Å²) in [6.45, 7) is 1.22. The molecule has 0 radical (unpaired) electrons. The molecule has 1 aliphatic rings. The lowest BCUT2D eigenvalue weighted by Crippen LogP contribution is -2.41. The molecule has 3 atom stereocenters. The van der Waals surface area contributed by atoms with Crippen LogP contribution in [0.25, 0.3) is 0 Å². The summed E-state index contributed by atoms with van der Waals surface area (Å²) in [6.07, 6.45) is 1.19. The largest absolute Gasteiger partial charge is 0.462 e. The molecular formula is C22H25BrO5. The number of carbonyl (C=O) groups excluding carboxylic acids is 1. The average Bonchev–Trinajstić information content (AvgIpc) is 2.74. The van der Waals surface area contributed by atoms with Gasteiger partial charge in [-0.15, -0.1) is 0 Å². The Morgan fingerprint density at radius 3 is 2.54 bits per heavy atom. The third kappa shape index (κ3) is 6.14. The lowest BCUT2D eigenvalue weighted by atomic mass is 9.95. The van der Waals surface area contributed by atoms with Crippen LogP contribution in [-0.2, 0) is 25.6 Å². The fraction of sp³-hybridized carbons (Fsp3) is 0.409. The van der Waals surface area contributed by atoms with Gasteiger partial charge in [-0.3, -0.25) is 0 Å². The van der Waals surface area contributed by atoms with Gasteiger partial charge in [-0.1, -0.05) is 46.3 Å². The Morgan fingerprint density at radius 1 is 1.07 bits per heavy atom. The number of hydrogen-bond donors (Lipinski definition) is 0. The van der Waals surface area contributed by atoms with Crippen molar-refractivity contribution in [2.45, 2.75) is 31.8 Å². The highest BCUT2D eigenvalue weighted by molar-refractivity contribution is 9.10. The van der Waals surface area contributed by atoms with Gasteiger partial charge in [0.2, 0.25) is 0 Å². The molecule has 150 valence electrons. The van der Waals surface area contributed by atoms with Gasteiger partial charge < -0.3 is 18.9 Å². The number of hydrogen-bond acceptors (Lipinski definition) is 5. The molecule has 3 rings (SSSR count). The van der Waals surface area contributed by atoms with E-state index in [0.717, 1.165) is 22.9 Å².